The number of ether oxygens (including phenoxy) is 1. The second-order valence-corrected chi connectivity index (χ2v) is 6.82. The van der Waals surface area contributed by atoms with Gasteiger partial charge in [-0.25, -0.2) is 4.98 Å². The van der Waals surface area contributed by atoms with Gasteiger partial charge >= 0.3 is 0 Å². The van der Waals surface area contributed by atoms with Gasteiger partial charge in [0.25, 0.3) is 0 Å². The van der Waals surface area contributed by atoms with Crippen LogP contribution in [0.1, 0.15) is 21.6 Å². The number of hydrogen-bond donors (Lipinski definition) is 1. The Hall–Kier alpha value is -1.93. The normalized spacial score (nSPS) is 19.2. The summed E-state index contributed by atoms with van der Waals surface area (Å²) in [5.74, 6) is 0.897. The number of nitrogens with zero attached hydrogens (tertiary/aromatic N) is 5. The molecule has 0 spiro atoms. The van der Waals surface area contributed by atoms with E-state index in [0.29, 0.717) is 6.61 Å². The lowest BCUT2D eigenvalue weighted by Crippen LogP contribution is -2.47. The average Bonchev–Trinajstić information content (AvgIpc) is 3.17. The van der Waals surface area contributed by atoms with E-state index in [4.69, 9.17) is 4.74 Å². The van der Waals surface area contributed by atoms with Crippen molar-refractivity contribution in [3.8, 4) is 0 Å². The molecule has 7 nitrogen and oxygen atoms in total. The Morgan fingerprint density at radius 1 is 1.52 bits per heavy atom. The van der Waals surface area contributed by atoms with E-state index < -0.39 is 0 Å². The van der Waals surface area contributed by atoms with Crippen LogP contribution in [0.3, 0.4) is 0 Å². The topological polar surface area (TPSA) is 67.6 Å². The summed E-state index contributed by atoms with van der Waals surface area (Å²) >= 11 is 1.70. The van der Waals surface area contributed by atoms with Gasteiger partial charge in [-0.05, 0) is 6.92 Å². The lowest BCUT2D eigenvalue weighted by Gasteiger charge is -2.34. The second kappa shape index (κ2) is 7.10. The molecule has 3 heterocycles. The molecule has 3 rings (SSSR count). The minimum Gasteiger partial charge on any atom is -0.370 e. The number of aliphatic imine (C=N–C) groups is 1. The zero-order valence-electron chi connectivity index (χ0n) is 13.7. The number of guanidine groups is 1. The van der Waals surface area contributed by atoms with Crippen LogP contribution in [-0.2, 0) is 18.3 Å². The SMILES string of the molecule is CN=C(NCc1cnc(C)s1)N1CCOC(c2cnn(C)c2)C1. The molecule has 23 heavy (non-hydrogen) atoms. The van der Waals surface area contributed by atoms with Crippen molar-refractivity contribution in [3.63, 3.8) is 0 Å². The van der Waals surface area contributed by atoms with Gasteiger partial charge in [-0.15, -0.1) is 11.3 Å². The molecule has 0 bridgehead atoms. The molecule has 8 heteroatoms. The first-order valence-electron chi connectivity index (χ1n) is 7.62. The van der Waals surface area contributed by atoms with Crippen molar-refractivity contribution < 1.29 is 4.74 Å². The Labute approximate surface area is 140 Å². The predicted octanol–water partition coefficient (Wildman–Crippen LogP) is 1.33. The third-order valence-electron chi connectivity index (χ3n) is 3.76. The summed E-state index contributed by atoms with van der Waals surface area (Å²) in [6, 6.07) is 0. The maximum Gasteiger partial charge on any atom is 0.194 e. The molecule has 2 aromatic rings. The van der Waals surface area contributed by atoms with Crippen LogP contribution in [0.5, 0.6) is 0 Å². The monoisotopic (exact) mass is 334 g/mol. The number of aromatic nitrogens is 3. The van der Waals surface area contributed by atoms with Crippen molar-refractivity contribution in [1.29, 1.82) is 0 Å². The van der Waals surface area contributed by atoms with Crippen molar-refractivity contribution in [2.75, 3.05) is 26.7 Å². The summed E-state index contributed by atoms with van der Waals surface area (Å²) in [4.78, 5) is 12.1. The van der Waals surface area contributed by atoms with Crippen molar-refractivity contribution >= 4 is 17.3 Å². The summed E-state index contributed by atoms with van der Waals surface area (Å²) in [6.07, 6.45) is 5.81. The van der Waals surface area contributed by atoms with Crippen LogP contribution in [0, 0.1) is 6.92 Å². The number of aryl methyl sites for hydroxylation is 2. The van der Waals surface area contributed by atoms with Crippen LogP contribution >= 0.6 is 11.3 Å². The highest BCUT2D eigenvalue weighted by Gasteiger charge is 2.25. The van der Waals surface area contributed by atoms with Crippen LogP contribution in [0.25, 0.3) is 0 Å². The van der Waals surface area contributed by atoms with Gasteiger partial charge in [0, 0.05) is 43.5 Å². The summed E-state index contributed by atoms with van der Waals surface area (Å²) in [7, 11) is 3.73. The van der Waals surface area contributed by atoms with Gasteiger partial charge in [0.05, 0.1) is 30.9 Å². The van der Waals surface area contributed by atoms with E-state index in [9.17, 15) is 0 Å². The second-order valence-electron chi connectivity index (χ2n) is 5.50. The van der Waals surface area contributed by atoms with E-state index in [1.54, 1.807) is 16.0 Å². The Balaban J connectivity index is 1.61. The van der Waals surface area contributed by atoms with E-state index in [-0.39, 0.29) is 6.10 Å². The standard InChI is InChI=1S/C15H22N6OS/c1-11-17-7-13(23-11)8-18-15(16-2)21-4-5-22-14(10-21)12-6-19-20(3)9-12/h6-7,9,14H,4-5,8,10H2,1-3H3,(H,16,18). The van der Waals surface area contributed by atoms with Gasteiger partial charge in [0.2, 0.25) is 0 Å². The van der Waals surface area contributed by atoms with E-state index in [1.807, 2.05) is 39.6 Å². The predicted molar refractivity (Wildman–Crippen MR) is 90.5 cm³/mol. The minimum atomic E-state index is 0.0293. The Kier molecular flexibility index (Phi) is 4.92. The molecule has 0 aromatic carbocycles. The molecule has 1 aliphatic rings. The zero-order chi connectivity index (χ0) is 16.2. The van der Waals surface area contributed by atoms with Gasteiger partial charge < -0.3 is 15.0 Å². The van der Waals surface area contributed by atoms with Gasteiger partial charge in [0.15, 0.2) is 5.96 Å². The first-order chi connectivity index (χ1) is 11.2. The maximum absolute atomic E-state index is 5.88. The smallest absolute Gasteiger partial charge is 0.194 e. The van der Waals surface area contributed by atoms with Crippen molar-refractivity contribution in [2.45, 2.75) is 19.6 Å². The highest BCUT2D eigenvalue weighted by molar-refractivity contribution is 7.11. The highest BCUT2D eigenvalue weighted by atomic mass is 32.1. The van der Waals surface area contributed by atoms with Crippen molar-refractivity contribution in [3.05, 3.63) is 34.0 Å². The van der Waals surface area contributed by atoms with Gasteiger partial charge in [-0.1, -0.05) is 0 Å². The average molecular weight is 334 g/mol. The van der Waals surface area contributed by atoms with E-state index in [0.717, 1.165) is 36.2 Å². The fourth-order valence-corrected chi connectivity index (χ4v) is 3.37. The largest absolute Gasteiger partial charge is 0.370 e. The maximum atomic E-state index is 5.88. The molecule has 0 saturated carbocycles. The molecule has 2 aromatic heterocycles. The fraction of sp³-hybridized carbons (Fsp3) is 0.533. The van der Waals surface area contributed by atoms with E-state index in [1.165, 1.54) is 4.88 Å². The van der Waals surface area contributed by atoms with E-state index in [2.05, 4.69) is 25.3 Å². The molecule has 0 aliphatic carbocycles. The molecule has 1 N–H and O–H groups in total. The number of rotatable bonds is 3. The number of nitrogens with one attached hydrogen (secondary N) is 1. The number of hydrogen-bond acceptors (Lipinski definition) is 5. The lowest BCUT2D eigenvalue weighted by atomic mass is 10.1. The number of morpholine rings is 1. The first kappa shape index (κ1) is 15.9. The molecule has 1 fully saturated rings. The van der Waals surface area contributed by atoms with Gasteiger partial charge in [-0.2, -0.15) is 5.10 Å². The Morgan fingerprint density at radius 3 is 3.04 bits per heavy atom. The highest BCUT2D eigenvalue weighted by Crippen LogP contribution is 2.21. The van der Waals surface area contributed by atoms with Gasteiger partial charge in [0.1, 0.15) is 6.10 Å². The summed E-state index contributed by atoms with van der Waals surface area (Å²) in [6.45, 7) is 5.04. The van der Waals surface area contributed by atoms with Crippen LogP contribution in [0.2, 0.25) is 0 Å². The number of thiazole rings is 1. The lowest BCUT2D eigenvalue weighted by molar-refractivity contribution is -0.00804. The van der Waals surface area contributed by atoms with Crippen LogP contribution in [0.4, 0.5) is 0 Å². The molecule has 1 aliphatic heterocycles. The molecular weight excluding hydrogens is 312 g/mol. The molecule has 0 amide bonds. The van der Waals surface area contributed by atoms with Gasteiger partial charge in [-0.3, -0.25) is 9.67 Å². The third kappa shape index (κ3) is 3.89. The van der Waals surface area contributed by atoms with Crippen molar-refractivity contribution in [1.82, 2.24) is 25.0 Å². The summed E-state index contributed by atoms with van der Waals surface area (Å²) < 4.78 is 7.69. The molecule has 124 valence electrons. The third-order valence-corrected chi connectivity index (χ3v) is 4.68. The molecular formula is C15H22N6OS. The zero-order valence-corrected chi connectivity index (χ0v) is 14.5. The first-order valence-corrected chi connectivity index (χ1v) is 8.44. The minimum absolute atomic E-state index is 0.0293. The van der Waals surface area contributed by atoms with Crippen LogP contribution in [0.15, 0.2) is 23.6 Å². The summed E-state index contributed by atoms with van der Waals surface area (Å²) in [5, 5.41) is 8.73. The molecule has 1 unspecified atom stereocenters. The van der Waals surface area contributed by atoms with Crippen LogP contribution in [-0.4, -0.2) is 52.4 Å². The van der Waals surface area contributed by atoms with E-state index >= 15 is 0 Å². The quantitative estimate of drug-likeness (QED) is 0.678. The molecule has 0 radical (unpaired) electrons. The summed E-state index contributed by atoms with van der Waals surface area (Å²) in [5.41, 5.74) is 1.10. The fourth-order valence-electron chi connectivity index (χ4n) is 2.64. The molecule has 1 atom stereocenters. The van der Waals surface area contributed by atoms with Crippen LogP contribution < -0.4 is 5.32 Å². The van der Waals surface area contributed by atoms with Crippen molar-refractivity contribution in [2.24, 2.45) is 12.0 Å². The molecule has 1 saturated heterocycles. The Morgan fingerprint density at radius 2 is 2.39 bits per heavy atom. The Bertz CT molecular complexity index is 679.